The van der Waals surface area contributed by atoms with Crippen molar-refractivity contribution >= 4 is 22.6 Å². The van der Waals surface area contributed by atoms with E-state index in [1.165, 1.54) is 0 Å². The lowest BCUT2D eigenvalue weighted by atomic mass is 9.86. The number of halogens is 1. The maximum Gasteiger partial charge on any atom is 0.163 e. The Kier molecular flexibility index (Phi) is 6.09. The zero-order valence-corrected chi connectivity index (χ0v) is 14.0. The normalized spacial score (nSPS) is 33.3. The summed E-state index contributed by atoms with van der Waals surface area (Å²) in [6.45, 7) is 10.0. The number of rotatable bonds is 4. The van der Waals surface area contributed by atoms with Crippen LogP contribution in [0.2, 0.25) is 0 Å². The van der Waals surface area contributed by atoms with E-state index >= 15 is 0 Å². The van der Waals surface area contributed by atoms with Crippen LogP contribution in [0, 0.1) is 11.8 Å². The standard InChI is InChI=1S/C14H25IO3/c1-9(6-7-15)13(16)11(3)12-8-10(2)17-14(4,5)18-12/h6-7,9-13,16H,8H2,1-5H3/b7-6-/t9-,10+,11-,12-,13-/m0/s1. The summed E-state index contributed by atoms with van der Waals surface area (Å²) in [5, 5.41) is 10.4. The molecule has 5 atom stereocenters. The van der Waals surface area contributed by atoms with Gasteiger partial charge in [0.1, 0.15) is 0 Å². The van der Waals surface area contributed by atoms with Gasteiger partial charge in [-0.25, -0.2) is 0 Å². The van der Waals surface area contributed by atoms with E-state index < -0.39 is 5.79 Å². The van der Waals surface area contributed by atoms with Gasteiger partial charge < -0.3 is 14.6 Å². The number of aliphatic hydroxyl groups is 1. The summed E-state index contributed by atoms with van der Waals surface area (Å²) >= 11 is 2.18. The zero-order valence-electron chi connectivity index (χ0n) is 11.9. The molecule has 4 heteroatoms. The fourth-order valence-corrected chi connectivity index (χ4v) is 3.20. The van der Waals surface area contributed by atoms with Crippen molar-refractivity contribution < 1.29 is 14.6 Å². The molecular formula is C14H25IO3. The van der Waals surface area contributed by atoms with E-state index in [4.69, 9.17) is 9.47 Å². The molecule has 1 fully saturated rings. The van der Waals surface area contributed by atoms with Gasteiger partial charge in [-0.05, 0) is 24.9 Å². The highest BCUT2D eigenvalue weighted by Crippen LogP contribution is 2.32. The van der Waals surface area contributed by atoms with Crippen molar-refractivity contribution in [2.24, 2.45) is 11.8 Å². The molecule has 0 saturated carbocycles. The Morgan fingerprint density at radius 3 is 2.44 bits per heavy atom. The Bertz CT molecular complexity index is 291. The second kappa shape index (κ2) is 6.68. The minimum atomic E-state index is -0.557. The van der Waals surface area contributed by atoms with E-state index in [-0.39, 0.29) is 30.1 Å². The molecule has 1 saturated heterocycles. The van der Waals surface area contributed by atoms with Crippen LogP contribution in [0.4, 0.5) is 0 Å². The molecule has 0 aromatic carbocycles. The average Bonchev–Trinajstić information content (AvgIpc) is 2.24. The van der Waals surface area contributed by atoms with Crippen molar-refractivity contribution in [1.29, 1.82) is 0 Å². The summed E-state index contributed by atoms with van der Waals surface area (Å²) in [4.78, 5) is 0. The Labute approximate surface area is 124 Å². The van der Waals surface area contributed by atoms with Crippen molar-refractivity contribution in [3.63, 3.8) is 0 Å². The third-order valence-corrected chi connectivity index (χ3v) is 3.94. The molecule has 1 rings (SSSR count). The largest absolute Gasteiger partial charge is 0.392 e. The summed E-state index contributed by atoms with van der Waals surface area (Å²) in [5.74, 6) is -0.321. The van der Waals surface area contributed by atoms with Gasteiger partial charge in [0, 0.05) is 18.3 Å². The van der Waals surface area contributed by atoms with Crippen molar-refractivity contribution in [2.75, 3.05) is 0 Å². The number of hydrogen-bond donors (Lipinski definition) is 1. The molecule has 0 aliphatic carbocycles. The van der Waals surface area contributed by atoms with E-state index in [0.717, 1.165) is 6.42 Å². The summed E-state index contributed by atoms with van der Waals surface area (Å²) in [6, 6.07) is 0. The minimum Gasteiger partial charge on any atom is -0.392 e. The van der Waals surface area contributed by atoms with Crippen LogP contribution in [-0.4, -0.2) is 29.2 Å². The fourth-order valence-electron chi connectivity index (χ4n) is 2.55. The molecule has 0 amide bonds. The van der Waals surface area contributed by atoms with Crippen LogP contribution in [0.15, 0.2) is 10.2 Å². The molecule has 0 bridgehead atoms. The van der Waals surface area contributed by atoms with E-state index in [2.05, 4.69) is 36.4 Å². The van der Waals surface area contributed by atoms with Crippen molar-refractivity contribution in [2.45, 2.75) is 65.1 Å². The predicted octanol–water partition coefficient (Wildman–Crippen LogP) is 3.50. The van der Waals surface area contributed by atoms with Crippen LogP contribution in [0.1, 0.15) is 41.0 Å². The molecular weight excluding hydrogens is 343 g/mol. The fraction of sp³-hybridized carbons (Fsp3) is 0.857. The maximum absolute atomic E-state index is 10.4. The first-order valence-electron chi connectivity index (χ1n) is 6.57. The summed E-state index contributed by atoms with van der Waals surface area (Å²) < 4.78 is 13.6. The minimum absolute atomic E-state index is 0.0452. The summed E-state index contributed by atoms with van der Waals surface area (Å²) in [6.07, 6.45) is 2.69. The third-order valence-electron chi connectivity index (χ3n) is 3.52. The molecule has 1 heterocycles. The van der Waals surface area contributed by atoms with Crippen LogP contribution in [0.3, 0.4) is 0 Å². The highest BCUT2D eigenvalue weighted by atomic mass is 127. The highest BCUT2D eigenvalue weighted by Gasteiger charge is 2.38. The molecule has 3 nitrogen and oxygen atoms in total. The molecule has 1 N–H and O–H groups in total. The monoisotopic (exact) mass is 368 g/mol. The molecule has 106 valence electrons. The van der Waals surface area contributed by atoms with Crippen LogP contribution >= 0.6 is 22.6 Å². The third kappa shape index (κ3) is 4.47. The molecule has 18 heavy (non-hydrogen) atoms. The van der Waals surface area contributed by atoms with Gasteiger partial charge in [-0.1, -0.05) is 42.5 Å². The molecule has 1 aliphatic heterocycles. The van der Waals surface area contributed by atoms with E-state index in [0.29, 0.717) is 0 Å². The van der Waals surface area contributed by atoms with Crippen LogP contribution in [0.25, 0.3) is 0 Å². The van der Waals surface area contributed by atoms with Gasteiger partial charge in [0.25, 0.3) is 0 Å². The first kappa shape index (κ1) is 16.4. The van der Waals surface area contributed by atoms with E-state index in [9.17, 15) is 5.11 Å². The lowest BCUT2D eigenvalue weighted by Gasteiger charge is -2.43. The van der Waals surface area contributed by atoms with E-state index in [1.54, 1.807) is 0 Å². The van der Waals surface area contributed by atoms with E-state index in [1.807, 2.05) is 30.9 Å². The zero-order chi connectivity index (χ0) is 13.9. The molecule has 0 spiro atoms. The lowest BCUT2D eigenvalue weighted by Crippen LogP contribution is -2.48. The molecule has 1 aliphatic rings. The quantitative estimate of drug-likeness (QED) is 0.772. The van der Waals surface area contributed by atoms with Gasteiger partial charge in [-0.2, -0.15) is 0 Å². The number of hydrogen-bond acceptors (Lipinski definition) is 3. The Balaban J connectivity index is 2.68. The van der Waals surface area contributed by atoms with Gasteiger partial charge in [-0.3, -0.25) is 0 Å². The van der Waals surface area contributed by atoms with Gasteiger partial charge in [0.05, 0.1) is 18.3 Å². The highest BCUT2D eigenvalue weighted by molar-refractivity contribution is 14.1. The second-order valence-electron chi connectivity index (χ2n) is 5.75. The number of aliphatic hydroxyl groups excluding tert-OH is 1. The first-order valence-corrected chi connectivity index (χ1v) is 7.82. The van der Waals surface area contributed by atoms with Gasteiger partial charge in [-0.15, -0.1) is 0 Å². The predicted molar refractivity (Wildman–Crippen MR) is 81.6 cm³/mol. The summed E-state index contributed by atoms with van der Waals surface area (Å²) in [5.41, 5.74) is 0. The summed E-state index contributed by atoms with van der Waals surface area (Å²) in [7, 11) is 0. The van der Waals surface area contributed by atoms with Crippen LogP contribution in [-0.2, 0) is 9.47 Å². The van der Waals surface area contributed by atoms with Crippen LogP contribution in [0.5, 0.6) is 0 Å². The smallest absolute Gasteiger partial charge is 0.163 e. The second-order valence-corrected chi connectivity index (χ2v) is 6.47. The molecule has 0 radical (unpaired) electrons. The van der Waals surface area contributed by atoms with Crippen LogP contribution < -0.4 is 0 Å². The van der Waals surface area contributed by atoms with Crippen molar-refractivity contribution in [1.82, 2.24) is 0 Å². The Morgan fingerprint density at radius 2 is 1.94 bits per heavy atom. The molecule has 0 unspecified atom stereocenters. The number of ether oxygens (including phenoxy) is 2. The van der Waals surface area contributed by atoms with Gasteiger partial charge in [0.2, 0.25) is 0 Å². The SMILES string of the molecule is C[C@H]([C@@H](O)[C@@H](C)/C=C\I)[C@@H]1C[C@@H](C)OC(C)(C)O1. The van der Waals surface area contributed by atoms with Gasteiger partial charge in [0.15, 0.2) is 5.79 Å². The first-order chi connectivity index (χ1) is 8.26. The average molecular weight is 368 g/mol. The Hall–Kier alpha value is 0.350. The lowest BCUT2D eigenvalue weighted by molar-refractivity contribution is -0.308. The molecule has 0 aromatic heterocycles. The van der Waals surface area contributed by atoms with Crippen molar-refractivity contribution in [3.8, 4) is 0 Å². The molecule has 0 aromatic rings. The van der Waals surface area contributed by atoms with Gasteiger partial charge >= 0.3 is 0 Å². The topological polar surface area (TPSA) is 38.7 Å². The Morgan fingerprint density at radius 1 is 1.33 bits per heavy atom. The van der Waals surface area contributed by atoms with Crippen molar-refractivity contribution in [3.05, 3.63) is 10.2 Å². The maximum atomic E-state index is 10.4.